The Balaban J connectivity index is 1.41. The summed E-state index contributed by atoms with van der Waals surface area (Å²) in [5.74, 6) is 0.996. The van der Waals surface area contributed by atoms with Crippen molar-refractivity contribution >= 4 is 5.91 Å². The number of rotatable bonds is 3. The van der Waals surface area contributed by atoms with Gasteiger partial charge in [0.25, 0.3) is 0 Å². The van der Waals surface area contributed by atoms with Crippen molar-refractivity contribution in [2.45, 2.75) is 44.6 Å². The number of amides is 1. The van der Waals surface area contributed by atoms with E-state index in [2.05, 4.69) is 15.1 Å². The van der Waals surface area contributed by atoms with Crippen molar-refractivity contribution in [1.29, 1.82) is 0 Å². The number of carbonyl (C=O) groups is 1. The average molecular weight is 265 g/mol. The van der Waals surface area contributed by atoms with Crippen LogP contribution in [-0.2, 0) is 4.79 Å². The van der Waals surface area contributed by atoms with Gasteiger partial charge in [-0.25, -0.2) is 0 Å². The molecule has 3 aliphatic heterocycles. The van der Waals surface area contributed by atoms with Crippen LogP contribution in [0.4, 0.5) is 0 Å². The SMILES string of the molecule is O=C(CC1CNC1)N1CCC(N2CCCCC2)CC1. The minimum Gasteiger partial charge on any atom is -0.343 e. The summed E-state index contributed by atoms with van der Waals surface area (Å²) in [4.78, 5) is 16.9. The predicted molar refractivity (Wildman–Crippen MR) is 76.0 cm³/mol. The molecule has 0 atom stereocenters. The fourth-order valence-corrected chi connectivity index (χ4v) is 3.63. The van der Waals surface area contributed by atoms with E-state index in [1.165, 1.54) is 45.2 Å². The zero-order valence-corrected chi connectivity index (χ0v) is 11.9. The summed E-state index contributed by atoms with van der Waals surface area (Å²) in [5.41, 5.74) is 0. The number of hydrogen-bond donors (Lipinski definition) is 1. The summed E-state index contributed by atoms with van der Waals surface area (Å²) in [6.07, 6.45) is 7.29. The van der Waals surface area contributed by atoms with Crippen LogP contribution in [0.15, 0.2) is 0 Å². The Kier molecular flexibility index (Phi) is 4.38. The molecule has 0 aromatic heterocycles. The van der Waals surface area contributed by atoms with Gasteiger partial charge in [-0.3, -0.25) is 4.79 Å². The molecule has 3 aliphatic rings. The van der Waals surface area contributed by atoms with E-state index in [0.717, 1.165) is 38.6 Å². The van der Waals surface area contributed by atoms with Crippen molar-refractivity contribution in [3.8, 4) is 0 Å². The number of nitrogens with zero attached hydrogens (tertiary/aromatic N) is 2. The maximum absolute atomic E-state index is 12.2. The molecule has 0 spiro atoms. The summed E-state index contributed by atoms with van der Waals surface area (Å²) in [5, 5.41) is 3.24. The lowest BCUT2D eigenvalue weighted by Gasteiger charge is -2.40. The lowest BCUT2D eigenvalue weighted by molar-refractivity contribution is -0.134. The molecular formula is C15H27N3O. The highest BCUT2D eigenvalue weighted by atomic mass is 16.2. The lowest BCUT2D eigenvalue weighted by Crippen LogP contribution is -2.50. The molecule has 3 saturated heterocycles. The number of carbonyl (C=O) groups excluding carboxylic acids is 1. The van der Waals surface area contributed by atoms with E-state index in [1.54, 1.807) is 0 Å². The molecule has 0 aromatic carbocycles. The van der Waals surface area contributed by atoms with Gasteiger partial charge in [0.1, 0.15) is 0 Å². The minimum absolute atomic E-state index is 0.392. The monoisotopic (exact) mass is 265 g/mol. The Morgan fingerprint density at radius 2 is 1.68 bits per heavy atom. The second-order valence-electron chi connectivity index (χ2n) is 6.44. The van der Waals surface area contributed by atoms with Gasteiger partial charge in [-0.2, -0.15) is 0 Å². The van der Waals surface area contributed by atoms with Crippen molar-refractivity contribution in [3.05, 3.63) is 0 Å². The van der Waals surface area contributed by atoms with Gasteiger partial charge in [-0.1, -0.05) is 6.42 Å². The number of likely N-dealkylation sites (tertiary alicyclic amines) is 2. The van der Waals surface area contributed by atoms with Crippen LogP contribution in [0.5, 0.6) is 0 Å². The molecule has 0 saturated carbocycles. The van der Waals surface area contributed by atoms with Gasteiger partial charge < -0.3 is 15.1 Å². The molecule has 3 heterocycles. The molecule has 4 nitrogen and oxygen atoms in total. The van der Waals surface area contributed by atoms with Crippen LogP contribution >= 0.6 is 0 Å². The summed E-state index contributed by atoms with van der Waals surface area (Å²) in [7, 11) is 0. The second kappa shape index (κ2) is 6.23. The van der Waals surface area contributed by atoms with E-state index in [-0.39, 0.29) is 0 Å². The molecule has 0 aromatic rings. The summed E-state index contributed by atoms with van der Waals surface area (Å²) >= 11 is 0. The molecule has 1 N–H and O–H groups in total. The third kappa shape index (κ3) is 3.29. The fourth-order valence-electron chi connectivity index (χ4n) is 3.63. The molecule has 0 aliphatic carbocycles. The molecular weight excluding hydrogens is 238 g/mol. The van der Waals surface area contributed by atoms with Gasteiger partial charge in [0, 0.05) is 25.6 Å². The highest BCUT2D eigenvalue weighted by Gasteiger charge is 2.29. The van der Waals surface area contributed by atoms with E-state index < -0.39 is 0 Å². The van der Waals surface area contributed by atoms with Crippen LogP contribution in [0.1, 0.15) is 38.5 Å². The number of piperidine rings is 2. The summed E-state index contributed by atoms with van der Waals surface area (Å²) < 4.78 is 0. The first-order chi connectivity index (χ1) is 9.33. The van der Waals surface area contributed by atoms with Crippen LogP contribution in [0.3, 0.4) is 0 Å². The Morgan fingerprint density at radius 3 is 2.26 bits per heavy atom. The van der Waals surface area contributed by atoms with E-state index in [4.69, 9.17) is 0 Å². The maximum Gasteiger partial charge on any atom is 0.222 e. The van der Waals surface area contributed by atoms with Crippen molar-refractivity contribution in [2.24, 2.45) is 5.92 Å². The molecule has 4 heteroatoms. The molecule has 3 fully saturated rings. The second-order valence-corrected chi connectivity index (χ2v) is 6.44. The van der Waals surface area contributed by atoms with Gasteiger partial charge in [0.05, 0.1) is 0 Å². The van der Waals surface area contributed by atoms with E-state index in [0.29, 0.717) is 11.8 Å². The van der Waals surface area contributed by atoms with Crippen molar-refractivity contribution in [1.82, 2.24) is 15.1 Å². The zero-order valence-electron chi connectivity index (χ0n) is 11.9. The first kappa shape index (κ1) is 13.4. The Morgan fingerprint density at radius 1 is 1.00 bits per heavy atom. The van der Waals surface area contributed by atoms with Crippen molar-refractivity contribution in [3.63, 3.8) is 0 Å². The normalized spacial score (nSPS) is 27.3. The van der Waals surface area contributed by atoms with Crippen LogP contribution in [0.2, 0.25) is 0 Å². The molecule has 0 radical (unpaired) electrons. The van der Waals surface area contributed by atoms with E-state index >= 15 is 0 Å². The van der Waals surface area contributed by atoms with E-state index in [1.807, 2.05) is 0 Å². The van der Waals surface area contributed by atoms with Crippen LogP contribution < -0.4 is 5.32 Å². The topological polar surface area (TPSA) is 35.6 Å². The minimum atomic E-state index is 0.392. The smallest absolute Gasteiger partial charge is 0.222 e. The Labute approximate surface area is 116 Å². The quantitative estimate of drug-likeness (QED) is 0.829. The molecule has 0 bridgehead atoms. The molecule has 0 unspecified atom stereocenters. The fraction of sp³-hybridized carbons (Fsp3) is 0.933. The lowest BCUT2D eigenvalue weighted by atomic mass is 9.96. The third-order valence-electron chi connectivity index (χ3n) is 5.05. The zero-order chi connectivity index (χ0) is 13.1. The largest absolute Gasteiger partial charge is 0.343 e. The predicted octanol–water partition coefficient (Wildman–Crippen LogP) is 1.07. The van der Waals surface area contributed by atoms with Gasteiger partial charge in [-0.15, -0.1) is 0 Å². The maximum atomic E-state index is 12.2. The van der Waals surface area contributed by atoms with Gasteiger partial charge >= 0.3 is 0 Å². The summed E-state index contributed by atoms with van der Waals surface area (Å²) in [6, 6.07) is 0.745. The molecule has 19 heavy (non-hydrogen) atoms. The summed E-state index contributed by atoms with van der Waals surface area (Å²) in [6.45, 7) is 6.62. The van der Waals surface area contributed by atoms with Gasteiger partial charge in [0.2, 0.25) is 5.91 Å². The van der Waals surface area contributed by atoms with Crippen LogP contribution in [0, 0.1) is 5.92 Å². The Hall–Kier alpha value is -0.610. The van der Waals surface area contributed by atoms with Crippen LogP contribution in [0.25, 0.3) is 0 Å². The van der Waals surface area contributed by atoms with Crippen molar-refractivity contribution < 1.29 is 4.79 Å². The molecule has 108 valence electrons. The number of hydrogen-bond acceptors (Lipinski definition) is 3. The average Bonchev–Trinajstić information content (AvgIpc) is 2.44. The first-order valence-corrected chi connectivity index (χ1v) is 8.05. The van der Waals surface area contributed by atoms with E-state index in [9.17, 15) is 4.79 Å². The highest BCUT2D eigenvalue weighted by molar-refractivity contribution is 5.76. The van der Waals surface area contributed by atoms with Gasteiger partial charge in [0.15, 0.2) is 0 Å². The standard InChI is InChI=1S/C15H27N3O/c19-15(10-13-11-16-12-13)18-8-4-14(5-9-18)17-6-2-1-3-7-17/h13-14,16H,1-12H2. The molecule has 1 amide bonds. The number of nitrogens with one attached hydrogen (secondary N) is 1. The molecule has 3 rings (SSSR count). The highest BCUT2D eigenvalue weighted by Crippen LogP contribution is 2.22. The third-order valence-corrected chi connectivity index (χ3v) is 5.05. The first-order valence-electron chi connectivity index (χ1n) is 8.05. The van der Waals surface area contributed by atoms with Gasteiger partial charge in [-0.05, 0) is 57.8 Å². The van der Waals surface area contributed by atoms with Crippen LogP contribution in [-0.4, -0.2) is 61.0 Å². The Bertz CT molecular complexity index is 303. The van der Waals surface area contributed by atoms with Crippen molar-refractivity contribution in [2.75, 3.05) is 39.3 Å².